The highest BCUT2D eigenvalue weighted by Crippen LogP contribution is 2.34. The lowest BCUT2D eigenvalue weighted by molar-refractivity contribution is 0.624. The molecule has 6 heteroatoms. The van der Waals surface area contributed by atoms with Crippen LogP contribution in [0, 0.1) is 5.82 Å². The molecule has 106 valence electrons. The van der Waals surface area contributed by atoms with E-state index < -0.39 is 5.82 Å². The fourth-order valence-corrected chi connectivity index (χ4v) is 2.70. The molecule has 0 saturated heterocycles. The zero-order chi connectivity index (χ0) is 14.9. The summed E-state index contributed by atoms with van der Waals surface area (Å²) in [6.07, 6.45) is 0. The molecular formula is C14H10Cl4FN. The van der Waals surface area contributed by atoms with Crippen LogP contribution in [0.4, 0.5) is 10.1 Å². The van der Waals surface area contributed by atoms with Crippen LogP contribution in [0.5, 0.6) is 0 Å². The molecule has 2 aromatic rings. The largest absolute Gasteiger partial charge is 0.377 e. The molecule has 0 amide bonds. The highest BCUT2D eigenvalue weighted by Gasteiger charge is 2.15. The number of anilines is 1. The summed E-state index contributed by atoms with van der Waals surface area (Å²) < 4.78 is 13.5. The van der Waals surface area contributed by atoms with E-state index in [9.17, 15) is 4.39 Å². The summed E-state index contributed by atoms with van der Waals surface area (Å²) in [7, 11) is 0. The third-order valence-electron chi connectivity index (χ3n) is 2.83. The van der Waals surface area contributed by atoms with Crippen molar-refractivity contribution in [1.82, 2.24) is 0 Å². The molecule has 1 N–H and O–H groups in total. The number of nitrogens with one attached hydrogen (secondary N) is 1. The van der Waals surface area contributed by atoms with Gasteiger partial charge in [0.1, 0.15) is 5.82 Å². The monoisotopic (exact) mass is 351 g/mol. The topological polar surface area (TPSA) is 12.0 Å². The normalized spacial score (nSPS) is 12.3. The first-order chi connectivity index (χ1) is 9.40. The van der Waals surface area contributed by atoms with Crippen LogP contribution < -0.4 is 5.32 Å². The first-order valence-electron chi connectivity index (χ1n) is 5.75. The fourth-order valence-electron chi connectivity index (χ4n) is 1.80. The van der Waals surface area contributed by atoms with Crippen molar-refractivity contribution in [2.75, 3.05) is 5.32 Å². The second-order valence-corrected chi connectivity index (χ2v) is 5.85. The van der Waals surface area contributed by atoms with Crippen LogP contribution in [-0.4, -0.2) is 0 Å². The van der Waals surface area contributed by atoms with Gasteiger partial charge in [0, 0.05) is 5.02 Å². The van der Waals surface area contributed by atoms with Gasteiger partial charge >= 0.3 is 0 Å². The third kappa shape index (κ3) is 3.32. The first-order valence-corrected chi connectivity index (χ1v) is 7.26. The molecule has 0 aliphatic rings. The Balaban J connectivity index is 2.31. The van der Waals surface area contributed by atoms with Gasteiger partial charge in [0.2, 0.25) is 0 Å². The lowest BCUT2D eigenvalue weighted by Gasteiger charge is -2.18. The molecule has 1 unspecified atom stereocenters. The molecule has 1 atom stereocenters. The smallest absolute Gasteiger partial charge is 0.142 e. The Bertz CT molecular complexity index is 645. The summed E-state index contributed by atoms with van der Waals surface area (Å²) in [6.45, 7) is 1.84. The zero-order valence-electron chi connectivity index (χ0n) is 10.4. The molecule has 2 rings (SSSR count). The summed E-state index contributed by atoms with van der Waals surface area (Å²) in [5.41, 5.74) is 1.24. The van der Waals surface area contributed by atoms with Gasteiger partial charge in [0.05, 0.1) is 26.8 Å². The Morgan fingerprint density at radius 3 is 2.40 bits per heavy atom. The van der Waals surface area contributed by atoms with Gasteiger partial charge in [-0.25, -0.2) is 4.39 Å². The molecule has 0 fully saturated rings. The fraction of sp³-hybridized carbons (Fsp3) is 0.143. The Morgan fingerprint density at radius 2 is 1.70 bits per heavy atom. The number of hydrogen-bond donors (Lipinski definition) is 1. The van der Waals surface area contributed by atoms with Crippen molar-refractivity contribution < 1.29 is 4.39 Å². The van der Waals surface area contributed by atoms with Crippen LogP contribution in [0.2, 0.25) is 20.1 Å². The molecule has 0 saturated carbocycles. The van der Waals surface area contributed by atoms with Crippen LogP contribution in [0.1, 0.15) is 18.5 Å². The van der Waals surface area contributed by atoms with Crippen LogP contribution >= 0.6 is 46.4 Å². The van der Waals surface area contributed by atoms with Crippen molar-refractivity contribution in [2.24, 2.45) is 0 Å². The molecule has 0 aliphatic heterocycles. The van der Waals surface area contributed by atoms with Gasteiger partial charge in [0.25, 0.3) is 0 Å². The van der Waals surface area contributed by atoms with E-state index in [-0.39, 0.29) is 11.1 Å². The Morgan fingerprint density at radius 1 is 1.00 bits per heavy atom. The Hall–Kier alpha value is -0.670. The van der Waals surface area contributed by atoms with E-state index in [1.807, 2.05) is 6.92 Å². The van der Waals surface area contributed by atoms with Crippen molar-refractivity contribution in [2.45, 2.75) is 13.0 Å². The summed E-state index contributed by atoms with van der Waals surface area (Å²) in [6, 6.07) is 7.67. The van der Waals surface area contributed by atoms with E-state index in [4.69, 9.17) is 46.4 Å². The van der Waals surface area contributed by atoms with Crippen LogP contribution in [0.15, 0.2) is 30.3 Å². The van der Waals surface area contributed by atoms with Crippen molar-refractivity contribution in [3.8, 4) is 0 Å². The van der Waals surface area contributed by atoms with Gasteiger partial charge in [-0.3, -0.25) is 0 Å². The average Bonchev–Trinajstić information content (AvgIpc) is 2.39. The molecule has 0 spiro atoms. The molecule has 1 nitrogen and oxygen atoms in total. The van der Waals surface area contributed by atoms with Crippen molar-refractivity contribution in [3.63, 3.8) is 0 Å². The van der Waals surface area contributed by atoms with Gasteiger partial charge in [-0.2, -0.15) is 0 Å². The van der Waals surface area contributed by atoms with Crippen molar-refractivity contribution in [1.29, 1.82) is 0 Å². The van der Waals surface area contributed by atoms with E-state index in [0.717, 1.165) is 0 Å². The molecule has 0 bridgehead atoms. The summed E-state index contributed by atoms with van der Waals surface area (Å²) >= 11 is 23.8. The lowest BCUT2D eigenvalue weighted by Crippen LogP contribution is -2.08. The van der Waals surface area contributed by atoms with Gasteiger partial charge in [0.15, 0.2) is 0 Å². The van der Waals surface area contributed by atoms with Gasteiger partial charge < -0.3 is 5.32 Å². The van der Waals surface area contributed by atoms with Crippen LogP contribution in [0.3, 0.4) is 0 Å². The minimum absolute atomic E-state index is 0.00765. The van der Waals surface area contributed by atoms with Gasteiger partial charge in [-0.15, -0.1) is 0 Å². The van der Waals surface area contributed by atoms with Gasteiger partial charge in [-0.1, -0.05) is 52.5 Å². The molecule has 20 heavy (non-hydrogen) atoms. The average molecular weight is 353 g/mol. The summed E-state index contributed by atoms with van der Waals surface area (Å²) in [5, 5.41) is 4.37. The second kappa shape index (κ2) is 6.40. The van der Waals surface area contributed by atoms with Crippen LogP contribution in [0.25, 0.3) is 0 Å². The van der Waals surface area contributed by atoms with Gasteiger partial charge in [-0.05, 0) is 36.8 Å². The number of benzene rings is 2. The predicted molar refractivity (Wildman–Crippen MR) is 84.9 cm³/mol. The standard InChI is InChI=1S/C14H10Cl4FN/c1-7(8-5-12(19)11(17)6-10(8)16)20-13-4-2-3-9(15)14(13)18/h2-7,20H,1H3. The van der Waals surface area contributed by atoms with E-state index in [1.54, 1.807) is 18.2 Å². The lowest BCUT2D eigenvalue weighted by atomic mass is 10.1. The van der Waals surface area contributed by atoms with E-state index in [2.05, 4.69) is 5.32 Å². The highest BCUT2D eigenvalue weighted by molar-refractivity contribution is 6.43. The van der Waals surface area contributed by atoms with E-state index in [1.165, 1.54) is 12.1 Å². The summed E-state index contributed by atoms with van der Waals surface area (Å²) in [4.78, 5) is 0. The molecular weight excluding hydrogens is 343 g/mol. The van der Waals surface area contributed by atoms with Crippen molar-refractivity contribution in [3.05, 3.63) is 61.8 Å². The first kappa shape index (κ1) is 15.7. The third-order valence-corrected chi connectivity index (χ3v) is 4.27. The van der Waals surface area contributed by atoms with E-state index >= 15 is 0 Å². The molecule has 0 radical (unpaired) electrons. The number of hydrogen-bond acceptors (Lipinski definition) is 1. The highest BCUT2D eigenvalue weighted by atomic mass is 35.5. The minimum Gasteiger partial charge on any atom is -0.377 e. The molecule has 0 heterocycles. The quantitative estimate of drug-likeness (QED) is 0.612. The van der Waals surface area contributed by atoms with E-state index in [0.29, 0.717) is 26.3 Å². The Kier molecular flexibility index (Phi) is 5.03. The molecule has 2 aromatic carbocycles. The molecule has 0 aromatic heterocycles. The SMILES string of the molecule is CC(Nc1cccc(Cl)c1Cl)c1cc(F)c(Cl)cc1Cl. The zero-order valence-corrected chi connectivity index (χ0v) is 13.4. The molecule has 0 aliphatic carbocycles. The summed E-state index contributed by atoms with van der Waals surface area (Å²) in [5.74, 6) is -0.517. The number of halogens is 5. The maximum absolute atomic E-state index is 13.5. The van der Waals surface area contributed by atoms with Crippen LogP contribution in [-0.2, 0) is 0 Å². The maximum atomic E-state index is 13.5. The maximum Gasteiger partial charge on any atom is 0.142 e. The second-order valence-electron chi connectivity index (χ2n) is 4.26. The minimum atomic E-state index is -0.517. The van der Waals surface area contributed by atoms with Crippen molar-refractivity contribution >= 4 is 52.1 Å². The predicted octanol–water partition coefficient (Wildman–Crippen LogP) is 6.61. The number of rotatable bonds is 3. The Labute approximate surface area is 136 Å².